The number of nitrogens with two attached hydrogens (primary N) is 1. The maximum absolute atomic E-state index is 12.4. The van der Waals surface area contributed by atoms with Crippen molar-refractivity contribution in [2.24, 2.45) is 5.73 Å². The SMILES string of the molecule is CC(C)n1cc([N+](=O)[O-])cc1C(=O)NC1CCCCC1N. The first-order valence-electron chi connectivity index (χ1n) is 7.33. The molecule has 1 aromatic heterocycles. The normalized spacial score (nSPS) is 22.3. The molecule has 1 amide bonds. The Balaban J connectivity index is 2.19. The summed E-state index contributed by atoms with van der Waals surface area (Å²) in [6.45, 7) is 3.76. The zero-order valence-electron chi connectivity index (χ0n) is 12.4. The molecular formula is C14H22N4O3. The highest BCUT2D eigenvalue weighted by Gasteiger charge is 2.26. The highest BCUT2D eigenvalue weighted by molar-refractivity contribution is 5.93. The van der Waals surface area contributed by atoms with Crippen molar-refractivity contribution in [3.63, 3.8) is 0 Å². The van der Waals surface area contributed by atoms with Gasteiger partial charge in [0.05, 0.1) is 11.1 Å². The first kappa shape index (κ1) is 15.5. The lowest BCUT2D eigenvalue weighted by Crippen LogP contribution is -2.49. The first-order valence-corrected chi connectivity index (χ1v) is 7.33. The Morgan fingerprint density at radius 3 is 2.71 bits per heavy atom. The van der Waals surface area contributed by atoms with E-state index in [0.717, 1.165) is 25.7 Å². The summed E-state index contributed by atoms with van der Waals surface area (Å²) in [5, 5.41) is 13.8. The van der Waals surface area contributed by atoms with Gasteiger partial charge in [0.15, 0.2) is 0 Å². The summed E-state index contributed by atoms with van der Waals surface area (Å²) >= 11 is 0. The molecule has 0 spiro atoms. The van der Waals surface area contributed by atoms with Gasteiger partial charge in [-0.05, 0) is 26.7 Å². The van der Waals surface area contributed by atoms with Crippen LogP contribution in [0.2, 0.25) is 0 Å². The maximum atomic E-state index is 12.4. The Kier molecular flexibility index (Phi) is 4.62. The van der Waals surface area contributed by atoms with Crippen LogP contribution in [0.3, 0.4) is 0 Å². The van der Waals surface area contributed by atoms with Crippen LogP contribution in [-0.4, -0.2) is 27.5 Å². The van der Waals surface area contributed by atoms with Crippen LogP contribution in [0.25, 0.3) is 0 Å². The van der Waals surface area contributed by atoms with Crippen molar-refractivity contribution < 1.29 is 9.72 Å². The molecule has 1 heterocycles. The Bertz CT molecular complexity index is 538. The van der Waals surface area contributed by atoms with Crippen LogP contribution in [0.1, 0.15) is 56.1 Å². The third kappa shape index (κ3) is 3.41. The molecule has 2 rings (SSSR count). The number of carbonyl (C=O) groups excluding carboxylic acids is 1. The minimum atomic E-state index is -0.484. The van der Waals surface area contributed by atoms with Crippen molar-refractivity contribution in [1.82, 2.24) is 9.88 Å². The fraction of sp³-hybridized carbons (Fsp3) is 0.643. The Morgan fingerprint density at radius 2 is 2.14 bits per heavy atom. The van der Waals surface area contributed by atoms with Gasteiger partial charge in [-0.1, -0.05) is 12.8 Å². The van der Waals surface area contributed by atoms with Gasteiger partial charge < -0.3 is 15.6 Å². The number of amides is 1. The molecular weight excluding hydrogens is 272 g/mol. The molecule has 0 bridgehead atoms. The zero-order valence-corrected chi connectivity index (χ0v) is 12.4. The smallest absolute Gasteiger partial charge is 0.287 e. The van der Waals surface area contributed by atoms with Gasteiger partial charge in [0, 0.05) is 24.2 Å². The average Bonchev–Trinajstić information content (AvgIpc) is 2.87. The standard InChI is InChI=1S/C14H22N4O3/c1-9(2)17-8-10(18(20)21)7-13(17)14(19)16-12-6-4-3-5-11(12)15/h7-9,11-12H,3-6,15H2,1-2H3,(H,16,19). The molecule has 2 atom stereocenters. The number of nitro groups is 1. The van der Waals surface area contributed by atoms with E-state index in [2.05, 4.69) is 5.32 Å². The van der Waals surface area contributed by atoms with Crippen LogP contribution in [-0.2, 0) is 0 Å². The summed E-state index contributed by atoms with van der Waals surface area (Å²) in [5.41, 5.74) is 6.27. The summed E-state index contributed by atoms with van der Waals surface area (Å²) < 4.78 is 1.63. The molecule has 3 N–H and O–H groups in total. The molecule has 116 valence electrons. The van der Waals surface area contributed by atoms with E-state index in [9.17, 15) is 14.9 Å². The van der Waals surface area contributed by atoms with Crippen LogP contribution in [0.15, 0.2) is 12.3 Å². The van der Waals surface area contributed by atoms with Crippen LogP contribution in [0.5, 0.6) is 0 Å². The second-order valence-electron chi connectivity index (χ2n) is 5.87. The number of carbonyl (C=O) groups is 1. The van der Waals surface area contributed by atoms with E-state index in [0.29, 0.717) is 5.69 Å². The van der Waals surface area contributed by atoms with Crippen LogP contribution < -0.4 is 11.1 Å². The Labute approximate surface area is 123 Å². The Morgan fingerprint density at radius 1 is 1.48 bits per heavy atom. The van der Waals surface area contributed by atoms with Gasteiger partial charge in [0.2, 0.25) is 0 Å². The predicted molar refractivity (Wildman–Crippen MR) is 79.2 cm³/mol. The van der Waals surface area contributed by atoms with Crippen molar-refractivity contribution in [3.8, 4) is 0 Å². The molecule has 7 nitrogen and oxygen atoms in total. The molecule has 1 aromatic rings. The van der Waals surface area contributed by atoms with E-state index in [-0.39, 0.29) is 29.7 Å². The third-order valence-electron chi connectivity index (χ3n) is 3.97. The van der Waals surface area contributed by atoms with E-state index in [4.69, 9.17) is 5.73 Å². The monoisotopic (exact) mass is 294 g/mol. The van der Waals surface area contributed by atoms with Crippen molar-refractivity contribution in [2.45, 2.75) is 57.7 Å². The summed E-state index contributed by atoms with van der Waals surface area (Å²) in [6, 6.07) is 1.20. The molecule has 21 heavy (non-hydrogen) atoms. The maximum Gasteiger partial charge on any atom is 0.287 e. The lowest BCUT2D eigenvalue weighted by Gasteiger charge is -2.29. The molecule has 0 radical (unpaired) electrons. The number of rotatable bonds is 4. The van der Waals surface area contributed by atoms with Crippen LogP contribution in [0, 0.1) is 10.1 Å². The van der Waals surface area contributed by atoms with Gasteiger partial charge in [-0.3, -0.25) is 14.9 Å². The molecule has 0 aromatic carbocycles. The van der Waals surface area contributed by atoms with Crippen LogP contribution >= 0.6 is 0 Å². The van der Waals surface area contributed by atoms with Gasteiger partial charge in [-0.2, -0.15) is 0 Å². The van der Waals surface area contributed by atoms with E-state index >= 15 is 0 Å². The second-order valence-corrected chi connectivity index (χ2v) is 5.87. The highest BCUT2D eigenvalue weighted by atomic mass is 16.6. The van der Waals surface area contributed by atoms with E-state index in [1.807, 2.05) is 13.8 Å². The number of nitrogens with one attached hydrogen (secondary N) is 1. The van der Waals surface area contributed by atoms with Crippen molar-refractivity contribution >= 4 is 11.6 Å². The van der Waals surface area contributed by atoms with Crippen LogP contribution in [0.4, 0.5) is 5.69 Å². The van der Waals surface area contributed by atoms with Crippen molar-refractivity contribution in [2.75, 3.05) is 0 Å². The second kappa shape index (κ2) is 6.26. The predicted octanol–water partition coefficient (Wildman–Crippen LogP) is 1.98. The molecule has 1 fully saturated rings. The zero-order chi connectivity index (χ0) is 15.6. The molecule has 7 heteroatoms. The molecule has 0 saturated heterocycles. The van der Waals surface area contributed by atoms with Gasteiger partial charge in [-0.15, -0.1) is 0 Å². The highest BCUT2D eigenvalue weighted by Crippen LogP contribution is 2.22. The average molecular weight is 294 g/mol. The lowest BCUT2D eigenvalue weighted by atomic mass is 9.91. The number of nitrogens with zero attached hydrogens (tertiary/aromatic N) is 2. The third-order valence-corrected chi connectivity index (χ3v) is 3.97. The van der Waals surface area contributed by atoms with E-state index < -0.39 is 4.92 Å². The largest absolute Gasteiger partial charge is 0.346 e. The lowest BCUT2D eigenvalue weighted by molar-refractivity contribution is -0.384. The van der Waals surface area contributed by atoms with E-state index in [1.54, 1.807) is 4.57 Å². The van der Waals surface area contributed by atoms with Gasteiger partial charge in [-0.25, -0.2) is 0 Å². The number of aromatic nitrogens is 1. The molecule has 2 unspecified atom stereocenters. The topological polar surface area (TPSA) is 103 Å². The molecule has 0 aliphatic heterocycles. The fourth-order valence-corrected chi connectivity index (χ4v) is 2.75. The van der Waals surface area contributed by atoms with Gasteiger partial charge in [0.1, 0.15) is 5.69 Å². The van der Waals surface area contributed by atoms with Gasteiger partial charge in [0.25, 0.3) is 11.6 Å². The summed E-state index contributed by atoms with van der Waals surface area (Å²) in [6.07, 6.45) is 5.29. The minimum Gasteiger partial charge on any atom is -0.346 e. The quantitative estimate of drug-likeness (QED) is 0.654. The van der Waals surface area contributed by atoms with E-state index in [1.165, 1.54) is 12.3 Å². The van der Waals surface area contributed by atoms with Crippen molar-refractivity contribution in [3.05, 3.63) is 28.1 Å². The number of hydrogen-bond acceptors (Lipinski definition) is 4. The Hall–Kier alpha value is -1.89. The minimum absolute atomic E-state index is 0.0283. The first-order chi connectivity index (χ1) is 9.90. The molecule has 1 saturated carbocycles. The molecule has 1 aliphatic carbocycles. The summed E-state index contributed by atoms with van der Waals surface area (Å²) in [7, 11) is 0. The fourth-order valence-electron chi connectivity index (χ4n) is 2.75. The molecule has 1 aliphatic rings. The van der Waals surface area contributed by atoms with Crippen molar-refractivity contribution in [1.29, 1.82) is 0 Å². The number of hydrogen-bond donors (Lipinski definition) is 2. The summed E-state index contributed by atoms with van der Waals surface area (Å²) in [4.78, 5) is 22.8. The van der Waals surface area contributed by atoms with Gasteiger partial charge >= 0.3 is 0 Å². The summed E-state index contributed by atoms with van der Waals surface area (Å²) in [5.74, 6) is -0.292.